The number of anilines is 1. The number of benzene rings is 2. The summed E-state index contributed by atoms with van der Waals surface area (Å²) >= 11 is 5.95. The zero-order chi connectivity index (χ0) is 21.1. The van der Waals surface area contributed by atoms with Crippen LogP contribution >= 0.6 is 11.6 Å². The van der Waals surface area contributed by atoms with Gasteiger partial charge in [-0.3, -0.25) is 9.59 Å². The van der Waals surface area contributed by atoms with Crippen LogP contribution in [0.2, 0.25) is 5.02 Å². The third kappa shape index (κ3) is 4.84. The molecule has 0 saturated heterocycles. The second kappa shape index (κ2) is 8.49. The average molecular weight is 412 g/mol. The van der Waals surface area contributed by atoms with E-state index in [1.165, 1.54) is 16.8 Å². The van der Waals surface area contributed by atoms with Crippen LogP contribution < -0.4 is 15.6 Å². The van der Waals surface area contributed by atoms with Crippen LogP contribution in [0.25, 0.3) is 5.69 Å². The Morgan fingerprint density at radius 1 is 1.03 bits per heavy atom. The lowest BCUT2D eigenvalue weighted by molar-refractivity contribution is -0.122. The molecule has 1 N–H and O–H groups in total. The molecule has 0 aliphatic rings. The van der Waals surface area contributed by atoms with Crippen molar-refractivity contribution in [2.24, 2.45) is 0 Å². The Balaban J connectivity index is 1.78. The number of halogens is 1. The summed E-state index contributed by atoms with van der Waals surface area (Å²) in [5, 5.41) is 7.67. The van der Waals surface area contributed by atoms with Crippen molar-refractivity contribution in [2.45, 2.75) is 33.8 Å². The molecule has 7 heteroatoms. The molecule has 1 aromatic heterocycles. The molecule has 0 fully saturated rings. The standard InChI is InChI=1S/C22H22ClN3O3/c1-13-5-7-18(12-14(13)2)26-21(27)10-9-20(25-26)29-16(4)22(28)24-19-8-6-17(23)11-15(19)3/h5-12,16H,1-4H3,(H,24,28). The number of carbonyl (C=O) groups is 1. The first-order valence-electron chi connectivity index (χ1n) is 9.16. The van der Waals surface area contributed by atoms with Crippen LogP contribution in [0.5, 0.6) is 5.88 Å². The van der Waals surface area contributed by atoms with Crippen molar-refractivity contribution in [3.63, 3.8) is 0 Å². The molecule has 1 heterocycles. The van der Waals surface area contributed by atoms with Crippen LogP contribution in [0, 0.1) is 20.8 Å². The van der Waals surface area contributed by atoms with Gasteiger partial charge in [-0.2, -0.15) is 4.68 Å². The molecule has 0 aliphatic heterocycles. The highest BCUT2D eigenvalue weighted by atomic mass is 35.5. The van der Waals surface area contributed by atoms with Crippen molar-refractivity contribution in [3.8, 4) is 11.6 Å². The fourth-order valence-electron chi connectivity index (χ4n) is 2.74. The Bertz CT molecular complexity index is 1120. The van der Waals surface area contributed by atoms with Crippen molar-refractivity contribution in [1.29, 1.82) is 0 Å². The van der Waals surface area contributed by atoms with E-state index in [0.29, 0.717) is 16.4 Å². The number of aromatic nitrogens is 2. The summed E-state index contributed by atoms with van der Waals surface area (Å²) in [6.07, 6.45) is -0.816. The highest BCUT2D eigenvalue weighted by Gasteiger charge is 2.17. The first-order chi connectivity index (χ1) is 13.7. The molecule has 3 aromatic rings. The van der Waals surface area contributed by atoms with Gasteiger partial charge in [-0.1, -0.05) is 17.7 Å². The first kappa shape index (κ1) is 20.6. The van der Waals surface area contributed by atoms with Gasteiger partial charge in [-0.25, -0.2) is 0 Å². The quantitative estimate of drug-likeness (QED) is 0.682. The summed E-state index contributed by atoms with van der Waals surface area (Å²) in [5.41, 5.74) is 4.03. The normalized spacial score (nSPS) is 11.8. The van der Waals surface area contributed by atoms with Crippen LogP contribution in [-0.2, 0) is 4.79 Å². The van der Waals surface area contributed by atoms with Crippen molar-refractivity contribution < 1.29 is 9.53 Å². The van der Waals surface area contributed by atoms with Crippen LogP contribution in [0.15, 0.2) is 53.3 Å². The topological polar surface area (TPSA) is 73.2 Å². The van der Waals surface area contributed by atoms with Gasteiger partial charge < -0.3 is 10.1 Å². The summed E-state index contributed by atoms with van der Waals surface area (Å²) < 4.78 is 6.93. The molecular weight excluding hydrogens is 390 g/mol. The minimum Gasteiger partial charge on any atom is -0.463 e. The van der Waals surface area contributed by atoms with Crippen LogP contribution in [0.3, 0.4) is 0 Å². The number of carbonyl (C=O) groups excluding carboxylic acids is 1. The maximum atomic E-state index is 12.5. The molecule has 1 atom stereocenters. The van der Waals surface area contributed by atoms with Gasteiger partial charge in [-0.05, 0) is 74.7 Å². The molecule has 29 heavy (non-hydrogen) atoms. The predicted molar refractivity (Wildman–Crippen MR) is 114 cm³/mol. The van der Waals surface area contributed by atoms with Crippen molar-refractivity contribution >= 4 is 23.2 Å². The molecule has 3 rings (SSSR count). The summed E-state index contributed by atoms with van der Waals surface area (Å²) in [6, 6.07) is 13.7. The first-order valence-corrected chi connectivity index (χ1v) is 9.54. The molecular formula is C22H22ClN3O3. The molecule has 0 radical (unpaired) electrons. The minimum atomic E-state index is -0.816. The third-order valence-electron chi connectivity index (χ3n) is 4.62. The Labute approximate surface area is 174 Å². The number of hydrogen-bond donors (Lipinski definition) is 1. The molecule has 1 amide bonds. The smallest absolute Gasteiger partial charge is 0.271 e. The Morgan fingerprint density at radius 2 is 1.79 bits per heavy atom. The van der Waals surface area contributed by atoms with E-state index < -0.39 is 6.10 Å². The van der Waals surface area contributed by atoms with Gasteiger partial charge in [0.25, 0.3) is 11.5 Å². The largest absolute Gasteiger partial charge is 0.463 e. The molecule has 150 valence electrons. The maximum absolute atomic E-state index is 12.5. The fourth-order valence-corrected chi connectivity index (χ4v) is 2.96. The zero-order valence-corrected chi connectivity index (χ0v) is 17.4. The lowest BCUT2D eigenvalue weighted by Gasteiger charge is -2.16. The Kier molecular flexibility index (Phi) is 6.03. The Hall–Kier alpha value is -3.12. The SMILES string of the molecule is Cc1ccc(-n2nc(OC(C)C(=O)Nc3ccc(Cl)cc3C)ccc2=O)cc1C. The van der Waals surface area contributed by atoms with Gasteiger partial charge in [0, 0.05) is 22.8 Å². The van der Waals surface area contributed by atoms with Crippen molar-refractivity contribution in [1.82, 2.24) is 9.78 Å². The lowest BCUT2D eigenvalue weighted by atomic mass is 10.1. The number of aryl methyl sites for hydroxylation is 3. The third-order valence-corrected chi connectivity index (χ3v) is 4.86. The molecule has 0 bridgehead atoms. The number of hydrogen-bond acceptors (Lipinski definition) is 4. The number of ether oxygens (including phenoxy) is 1. The summed E-state index contributed by atoms with van der Waals surface area (Å²) in [6.45, 7) is 7.44. The molecule has 1 unspecified atom stereocenters. The second-order valence-electron chi connectivity index (χ2n) is 6.90. The molecule has 0 saturated carbocycles. The second-order valence-corrected chi connectivity index (χ2v) is 7.34. The summed E-state index contributed by atoms with van der Waals surface area (Å²) in [7, 11) is 0. The summed E-state index contributed by atoms with van der Waals surface area (Å²) in [5.74, 6) is -0.153. The minimum absolute atomic E-state index is 0.179. The predicted octanol–water partition coefficient (Wildman–Crippen LogP) is 4.22. The van der Waals surface area contributed by atoms with E-state index in [9.17, 15) is 9.59 Å². The van der Waals surface area contributed by atoms with E-state index in [0.717, 1.165) is 16.7 Å². The van der Waals surface area contributed by atoms with E-state index in [4.69, 9.17) is 16.3 Å². The number of nitrogens with one attached hydrogen (secondary N) is 1. The van der Waals surface area contributed by atoms with Gasteiger partial charge in [0.05, 0.1) is 5.69 Å². The molecule has 2 aromatic carbocycles. The van der Waals surface area contributed by atoms with Crippen molar-refractivity contribution in [3.05, 3.63) is 80.6 Å². The van der Waals surface area contributed by atoms with E-state index >= 15 is 0 Å². The molecule has 0 spiro atoms. The monoisotopic (exact) mass is 411 g/mol. The maximum Gasteiger partial charge on any atom is 0.271 e. The van der Waals surface area contributed by atoms with E-state index in [1.54, 1.807) is 25.1 Å². The number of rotatable bonds is 5. The van der Waals surface area contributed by atoms with E-state index in [1.807, 2.05) is 39.0 Å². The van der Waals surface area contributed by atoms with E-state index in [2.05, 4.69) is 10.4 Å². The molecule has 0 aliphatic carbocycles. The number of nitrogens with zero attached hydrogens (tertiary/aromatic N) is 2. The fraction of sp³-hybridized carbons (Fsp3) is 0.227. The average Bonchev–Trinajstić information content (AvgIpc) is 2.67. The van der Waals surface area contributed by atoms with E-state index in [-0.39, 0.29) is 17.3 Å². The summed E-state index contributed by atoms with van der Waals surface area (Å²) in [4.78, 5) is 24.7. The van der Waals surface area contributed by atoms with Gasteiger partial charge in [-0.15, -0.1) is 5.10 Å². The van der Waals surface area contributed by atoms with Gasteiger partial charge >= 0.3 is 0 Å². The van der Waals surface area contributed by atoms with Gasteiger partial charge in [0.15, 0.2) is 6.10 Å². The highest BCUT2D eigenvalue weighted by Crippen LogP contribution is 2.20. The van der Waals surface area contributed by atoms with Crippen LogP contribution in [0.1, 0.15) is 23.6 Å². The van der Waals surface area contributed by atoms with Gasteiger partial charge in [0.2, 0.25) is 5.88 Å². The lowest BCUT2D eigenvalue weighted by Crippen LogP contribution is -2.31. The number of amides is 1. The van der Waals surface area contributed by atoms with Crippen LogP contribution in [-0.4, -0.2) is 21.8 Å². The highest BCUT2D eigenvalue weighted by molar-refractivity contribution is 6.30. The van der Waals surface area contributed by atoms with Crippen LogP contribution in [0.4, 0.5) is 5.69 Å². The van der Waals surface area contributed by atoms with Crippen molar-refractivity contribution in [2.75, 3.05) is 5.32 Å². The van der Waals surface area contributed by atoms with Gasteiger partial charge in [0.1, 0.15) is 0 Å². The zero-order valence-electron chi connectivity index (χ0n) is 16.7. The molecule has 6 nitrogen and oxygen atoms in total. The Morgan fingerprint density at radius 3 is 2.48 bits per heavy atom.